The Bertz CT molecular complexity index is 539. The summed E-state index contributed by atoms with van der Waals surface area (Å²) in [6.07, 6.45) is 8.27. The molecule has 4 rings (SSSR count). The largest absolute Gasteiger partial charge is 0.340 e. The quantitative estimate of drug-likeness (QED) is 0.833. The minimum absolute atomic E-state index is 0.0973. The molecule has 124 valence electrons. The summed E-state index contributed by atoms with van der Waals surface area (Å²) in [4.78, 5) is 28.3. The lowest BCUT2D eigenvalue weighted by Crippen LogP contribution is -2.53. The highest BCUT2D eigenvalue weighted by Crippen LogP contribution is 2.28. The number of hydrogen-bond donors (Lipinski definition) is 0. The number of piperidine rings is 1. The van der Waals surface area contributed by atoms with Gasteiger partial charge >= 0.3 is 0 Å². The van der Waals surface area contributed by atoms with E-state index in [2.05, 4.69) is 24.7 Å². The highest BCUT2D eigenvalue weighted by molar-refractivity contribution is 5.79. The van der Waals surface area contributed by atoms with E-state index in [1.54, 1.807) is 12.4 Å². The van der Waals surface area contributed by atoms with Gasteiger partial charge in [0.1, 0.15) is 0 Å². The van der Waals surface area contributed by atoms with Crippen molar-refractivity contribution in [1.29, 1.82) is 0 Å². The van der Waals surface area contributed by atoms with Crippen molar-refractivity contribution in [1.82, 2.24) is 19.8 Å². The third kappa shape index (κ3) is 3.32. The van der Waals surface area contributed by atoms with Crippen molar-refractivity contribution in [3.63, 3.8) is 0 Å². The van der Waals surface area contributed by atoms with Gasteiger partial charge in [-0.05, 0) is 31.7 Å². The van der Waals surface area contributed by atoms with Crippen molar-refractivity contribution in [3.8, 4) is 0 Å². The van der Waals surface area contributed by atoms with Gasteiger partial charge < -0.3 is 9.80 Å². The van der Waals surface area contributed by atoms with E-state index in [-0.39, 0.29) is 5.92 Å². The van der Waals surface area contributed by atoms with E-state index in [4.69, 9.17) is 0 Å². The number of anilines is 1. The fourth-order valence-corrected chi connectivity index (χ4v) is 3.82. The van der Waals surface area contributed by atoms with Gasteiger partial charge in [0.25, 0.3) is 0 Å². The average molecular weight is 315 g/mol. The van der Waals surface area contributed by atoms with Crippen LogP contribution in [0.5, 0.6) is 0 Å². The summed E-state index contributed by atoms with van der Waals surface area (Å²) in [5, 5.41) is 0. The van der Waals surface area contributed by atoms with Gasteiger partial charge in [-0.25, -0.2) is 9.97 Å². The molecule has 6 heteroatoms. The molecule has 23 heavy (non-hydrogen) atoms. The van der Waals surface area contributed by atoms with Crippen LogP contribution in [0.2, 0.25) is 0 Å². The van der Waals surface area contributed by atoms with Crippen LogP contribution in [-0.4, -0.2) is 71.0 Å². The van der Waals surface area contributed by atoms with Crippen molar-refractivity contribution in [2.45, 2.75) is 31.7 Å². The van der Waals surface area contributed by atoms with Crippen molar-refractivity contribution < 1.29 is 4.79 Å². The molecule has 2 saturated heterocycles. The molecule has 1 aromatic heterocycles. The number of piperazine rings is 1. The second-order valence-corrected chi connectivity index (χ2v) is 6.93. The van der Waals surface area contributed by atoms with Gasteiger partial charge in [0, 0.05) is 57.7 Å². The van der Waals surface area contributed by atoms with Crippen LogP contribution in [0.4, 0.5) is 5.95 Å². The minimum Gasteiger partial charge on any atom is -0.340 e. The molecule has 1 saturated carbocycles. The van der Waals surface area contributed by atoms with E-state index in [1.165, 1.54) is 12.8 Å². The zero-order chi connectivity index (χ0) is 15.6. The predicted octanol–water partition coefficient (Wildman–Crippen LogP) is 1.000. The number of nitrogens with zero attached hydrogens (tertiary/aromatic N) is 5. The fourth-order valence-electron chi connectivity index (χ4n) is 3.82. The molecule has 0 radical (unpaired) electrons. The molecule has 0 aromatic carbocycles. The van der Waals surface area contributed by atoms with Gasteiger partial charge in [-0.3, -0.25) is 9.69 Å². The first-order valence-corrected chi connectivity index (χ1v) is 8.86. The van der Waals surface area contributed by atoms with E-state index in [1.807, 2.05) is 6.07 Å². The minimum atomic E-state index is 0.0973. The third-order valence-corrected chi connectivity index (χ3v) is 5.29. The Kier molecular flexibility index (Phi) is 4.16. The second-order valence-electron chi connectivity index (χ2n) is 6.93. The molecule has 3 fully saturated rings. The maximum atomic E-state index is 12.9. The molecule has 3 aliphatic rings. The molecule has 0 bridgehead atoms. The Morgan fingerprint density at radius 2 is 1.74 bits per heavy atom. The SMILES string of the molecule is O=C([C@H]1CCCN(c2ncccn2)C1)N1CCN(C2CC2)CC1. The van der Waals surface area contributed by atoms with Crippen molar-refractivity contribution in [3.05, 3.63) is 18.5 Å². The zero-order valence-corrected chi connectivity index (χ0v) is 13.6. The lowest BCUT2D eigenvalue weighted by molar-refractivity contribution is -0.137. The molecule has 0 unspecified atom stereocenters. The molecular weight excluding hydrogens is 290 g/mol. The second kappa shape index (κ2) is 6.43. The van der Waals surface area contributed by atoms with Crippen LogP contribution in [0.1, 0.15) is 25.7 Å². The molecule has 6 nitrogen and oxygen atoms in total. The molecule has 0 spiro atoms. The number of amides is 1. The monoisotopic (exact) mass is 315 g/mol. The van der Waals surface area contributed by atoms with E-state index in [9.17, 15) is 4.79 Å². The summed E-state index contributed by atoms with van der Waals surface area (Å²) in [5.41, 5.74) is 0. The Labute approximate surface area is 137 Å². The van der Waals surface area contributed by atoms with Gasteiger partial charge in [0.15, 0.2) is 0 Å². The summed E-state index contributed by atoms with van der Waals surface area (Å²) in [5.74, 6) is 1.18. The van der Waals surface area contributed by atoms with E-state index in [0.717, 1.165) is 64.1 Å². The van der Waals surface area contributed by atoms with Crippen LogP contribution in [0, 0.1) is 5.92 Å². The van der Waals surface area contributed by atoms with E-state index in [0.29, 0.717) is 5.91 Å². The Hall–Kier alpha value is -1.69. The van der Waals surface area contributed by atoms with Crippen molar-refractivity contribution in [2.75, 3.05) is 44.2 Å². The first-order chi connectivity index (χ1) is 11.3. The zero-order valence-electron chi connectivity index (χ0n) is 13.6. The van der Waals surface area contributed by atoms with Gasteiger partial charge in [-0.15, -0.1) is 0 Å². The first kappa shape index (κ1) is 14.9. The van der Waals surface area contributed by atoms with Crippen molar-refractivity contribution in [2.24, 2.45) is 5.92 Å². The molecule has 2 aliphatic heterocycles. The van der Waals surface area contributed by atoms with Crippen LogP contribution >= 0.6 is 0 Å². The van der Waals surface area contributed by atoms with Crippen LogP contribution < -0.4 is 4.90 Å². The normalized spacial score (nSPS) is 26.3. The summed E-state index contributed by atoms with van der Waals surface area (Å²) < 4.78 is 0. The molecule has 1 amide bonds. The van der Waals surface area contributed by atoms with Crippen LogP contribution in [0.3, 0.4) is 0 Å². The molecule has 1 aromatic rings. The van der Waals surface area contributed by atoms with Gasteiger partial charge in [-0.2, -0.15) is 0 Å². The van der Waals surface area contributed by atoms with Crippen LogP contribution in [0.25, 0.3) is 0 Å². The van der Waals surface area contributed by atoms with Crippen LogP contribution in [0.15, 0.2) is 18.5 Å². The summed E-state index contributed by atoms with van der Waals surface area (Å²) in [6, 6.07) is 2.64. The molecular formula is C17H25N5O. The summed E-state index contributed by atoms with van der Waals surface area (Å²) in [6.45, 7) is 5.60. The van der Waals surface area contributed by atoms with Gasteiger partial charge in [-0.1, -0.05) is 0 Å². The van der Waals surface area contributed by atoms with Gasteiger partial charge in [0.2, 0.25) is 11.9 Å². The molecule has 3 heterocycles. The maximum absolute atomic E-state index is 12.9. The maximum Gasteiger partial charge on any atom is 0.227 e. The number of aromatic nitrogens is 2. The summed E-state index contributed by atoms with van der Waals surface area (Å²) in [7, 11) is 0. The number of carbonyl (C=O) groups is 1. The van der Waals surface area contributed by atoms with E-state index < -0.39 is 0 Å². The number of rotatable bonds is 3. The Morgan fingerprint density at radius 3 is 2.43 bits per heavy atom. The lowest BCUT2D eigenvalue weighted by atomic mass is 9.96. The highest BCUT2D eigenvalue weighted by Gasteiger charge is 2.35. The highest BCUT2D eigenvalue weighted by atomic mass is 16.2. The van der Waals surface area contributed by atoms with Crippen molar-refractivity contribution >= 4 is 11.9 Å². The average Bonchev–Trinajstić information content (AvgIpc) is 3.47. The standard InChI is InChI=1S/C17H25N5O/c23-16(21-11-9-20(10-12-21)15-4-5-15)14-3-1-8-22(13-14)17-18-6-2-7-19-17/h2,6-7,14-15H,1,3-5,8-13H2/t14-/m0/s1. The smallest absolute Gasteiger partial charge is 0.227 e. The lowest BCUT2D eigenvalue weighted by Gasteiger charge is -2.39. The summed E-state index contributed by atoms with van der Waals surface area (Å²) >= 11 is 0. The first-order valence-electron chi connectivity index (χ1n) is 8.86. The Morgan fingerprint density at radius 1 is 1.00 bits per heavy atom. The van der Waals surface area contributed by atoms with Gasteiger partial charge in [0.05, 0.1) is 5.92 Å². The molecule has 1 atom stereocenters. The predicted molar refractivity (Wildman–Crippen MR) is 88.1 cm³/mol. The molecule has 1 aliphatic carbocycles. The Balaban J connectivity index is 1.34. The third-order valence-electron chi connectivity index (χ3n) is 5.29. The van der Waals surface area contributed by atoms with Crippen LogP contribution in [-0.2, 0) is 4.79 Å². The topological polar surface area (TPSA) is 52.6 Å². The number of hydrogen-bond acceptors (Lipinski definition) is 5. The fraction of sp³-hybridized carbons (Fsp3) is 0.706. The number of carbonyl (C=O) groups excluding carboxylic acids is 1. The van der Waals surface area contributed by atoms with E-state index >= 15 is 0 Å². The molecule has 0 N–H and O–H groups in total.